The molecule has 4 aromatic carbocycles. The quantitative estimate of drug-likeness (QED) is 0.295. The van der Waals surface area contributed by atoms with E-state index >= 15 is 0 Å². The second-order valence-electron chi connectivity index (χ2n) is 6.52. The minimum absolute atomic E-state index is 0.593. The summed E-state index contributed by atoms with van der Waals surface area (Å²) in [6.07, 6.45) is 0. The van der Waals surface area contributed by atoms with Gasteiger partial charge in [0.2, 0.25) is 0 Å². The number of halogens is 2. The third-order valence-electron chi connectivity index (χ3n) is 4.68. The average Bonchev–Trinajstić information content (AvgIpc) is 2.72. The summed E-state index contributed by atoms with van der Waals surface area (Å²) in [5, 5.41) is 1.20. The molecule has 0 aromatic heterocycles. The molecule has 5 rings (SSSR count). The van der Waals surface area contributed by atoms with Crippen LogP contribution in [0.5, 0.6) is 23.0 Å². The van der Waals surface area contributed by atoms with Crippen LogP contribution in [0.2, 0.25) is 10.0 Å². The zero-order valence-corrected chi connectivity index (χ0v) is 16.2. The van der Waals surface area contributed by atoms with Crippen molar-refractivity contribution in [1.82, 2.24) is 0 Å². The number of benzene rings is 4. The Bertz CT molecular complexity index is 1190. The molecule has 0 aliphatic carbocycles. The molecule has 1 aliphatic heterocycles. The third kappa shape index (κ3) is 3.11. The molecule has 28 heavy (non-hydrogen) atoms. The molecule has 0 atom stereocenters. The summed E-state index contributed by atoms with van der Waals surface area (Å²) in [7, 11) is 0. The van der Waals surface area contributed by atoms with E-state index in [-0.39, 0.29) is 0 Å². The smallest absolute Gasteiger partial charge is 0.170 e. The molecule has 0 unspecified atom stereocenters. The highest BCUT2D eigenvalue weighted by Crippen LogP contribution is 2.48. The first-order valence-electron chi connectivity index (χ1n) is 8.82. The number of fused-ring (bicyclic) bond motifs is 2. The highest BCUT2D eigenvalue weighted by Gasteiger charge is 2.20. The standard InChI is InChI=1S/C24H14Cl2O2/c25-18-8-9-19(20(26)14-18)17-7-11-22-24(13-17)28-23-12-16(6-10-21(23)27-22)15-4-2-1-3-5-15/h1-14H. The summed E-state index contributed by atoms with van der Waals surface area (Å²) in [4.78, 5) is 0. The van der Waals surface area contributed by atoms with Crippen LogP contribution in [0.1, 0.15) is 0 Å². The minimum Gasteiger partial charge on any atom is -0.450 e. The normalized spacial score (nSPS) is 11.8. The second kappa shape index (κ2) is 6.90. The Hall–Kier alpha value is -2.94. The Morgan fingerprint density at radius 3 is 1.86 bits per heavy atom. The Morgan fingerprint density at radius 1 is 0.500 bits per heavy atom. The van der Waals surface area contributed by atoms with Crippen molar-refractivity contribution >= 4 is 23.2 Å². The van der Waals surface area contributed by atoms with Gasteiger partial charge >= 0.3 is 0 Å². The van der Waals surface area contributed by atoms with E-state index in [2.05, 4.69) is 12.1 Å². The van der Waals surface area contributed by atoms with Gasteiger partial charge < -0.3 is 9.47 Å². The van der Waals surface area contributed by atoms with E-state index in [0.717, 1.165) is 22.3 Å². The van der Waals surface area contributed by atoms with Crippen LogP contribution in [0.3, 0.4) is 0 Å². The van der Waals surface area contributed by atoms with Crippen molar-refractivity contribution < 1.29 is 9.47 Å². The van der Waals surface area contributed by atoms with Gasteiger partial charge in [-0.3, -0.25) is 0 Å². The van der Waals surface area contributed by atoms with Gasteiger partial charge in [0.25, 0.3) is 0 Å². The molecule has 0 spiro atoms. The third-order valence-corrected chi connectivity index (χ3v) is 5.22. The van der Waals surface area contributed by atoms with Crippen molar-refractivity contribution in [3.05, 3.63) is 95.0 Å². The molecule has 0 bridgehead atoms. The summed E-state index contributed by atoms with van der Waals surface area (Å²) in [6, 6.07) is 27.4. The monoisotopic (exact) mass is 404 g/mol. The van der Waals surface area contributed by atoms with Crippen molar-refractivity contribution in [1.29, 1.82) is 0 Å². The summed E-state index contributed by atoms with van der Waals surface area (Å²) < 4.78 is 12.2. The van der Waals surface area contributed by atoms with E-state index in [0.29, 0.717) is 33.0 Å². The first-order chi connectivity index (χ1) is 13.7. The zero-order valence-electron chi connectivity index (χ0n) is 14.7. The maximum Gasteiger partial charge on any atom is 0.170 e. The maximum atomic E-state index is 6.36. The fraction of sp³-hybridized carbons (Fsp3) is 0. The topological polar surface area (TPSA) is 18.5 Å². The predicted octanol–water partition coefficient (Wildman–Crippen LogP) is 8.23. The maximum absolute atomic E-state index is 6.36. The van der Waals surface area contributed by atoms with Crippen LogP contribution in [0.4, 0.5) is 0 Å². The lowest BCUT2D eigenvalue weighted by Crippen LogP contribution is -1.99. The van der Waals surface area contributed by atoms with Crippen molar-refractivity contribution in [2.24, 2.45) is 0 Å². The van der Waals surface area contributed by atoms with Crippen LogP contribution in [0, 0.1) is 0 Å². The van der Waals surface area contributed by atoms with Gasteiger partial charge in [-0.25, -0.2) is 0 Å². The molecule has 0 N–H and O–H groups in total. The molecule has 0 amide bonds. The van der Waals surface area contributed by atoms with Crippen LogP contribution < -0.4 is 9.47 Å². The SMILES string of the molecule is Clc1ccc(-c2ccc3c(c2)Oc2cc(-c4ccccc4)ccc2O3)c(Cl)c1. The molecule has 0 fully saturated rings. The van der Waals surface area contributed by atoms with Crippen molar-refractivity contribution in [3.63, 3.8) is 0 Å². The fourth-order valence-corrected chi connectivity index (χ4v) is 3.80. The summed E-state index contributed by atoms with van der Waals surface area (Å²) in [6.45, 7) is 0. The van der Waals surface area contributed by atoms with E-state index in [9.17, 15) is 0 Å². The van der Waals surface area contributed by atoms with E-state index in [1.807, 2.05) is 66.7 Å². The summed E-state index contributed by atoms with van der Waals surface area (Å²) in [5.41, 5.74) is 4.03. The van der Waals surface area contributed by atoms with E-state index in [1.165, 1.54) is 0 Å². The molecule has 136 valence electrons. The molecule has 0 saturated heterocycles. The van der Waals surface area contributed by atoms with Gasteiger partial charge in [0.15, 0.2) is 23.0 Å². The Labute approximate surface area is 172 Å². The fourth-order valence-electron chi connectivity index (χ4n) is 3.28. The van der Waals surface area contributed by atoms with Gasteiger partial charge in [-0.2, -0.15) is 0 Å². The first kappa shape index (κ1) is 17.2. The highest BCUT2D eigenvalue weighted by molar-refractivity contribution is 6.36. The van der Waals surface area contributed by atoms with Crippen LogP contribution >= 0.6 is 23.2 Å². The van der Waals surface area contributed by atoms with Gasteiger partial charge in [-0.15, -0.1) is 0 Å². The molecule has 0 saturated carbocycles. The van der Waals surface area contributed by atoms with Crippen molar-refractivity contribution in [3.8, 4) is 45.3 Å². The lowest BCUT2D eigenvalue weighted by Gasteiger charge is -2.22. The molecule has 0 radical (unpaired) electrons. The van der Waals surface area contributed by atoms with Crippen molar-refractivity contribution in [2.75, 3.05) is 0 Å². The minimum atomic E-state index is 0.593. The van der Waals surface area contributed by atoms with Crippen LogP contribution in [0.15, 0.2) is 84.9 Å². The number of hydrogen-bond donors (Lipinski definition) is 0. The Morgan fingerprint density at radius 2 is 1.14 bits per heavy atom. The number of ether oxygens (including phenoxy) is 2. The molecule has 4 heteroatoms. The van der Waals surface area contributed by atoms with E-state index in [4.69, 9.17) is 32.7 Å². The summed E-state index contributed by atoms with van der Waals surface area (Å²) in [5.74, 6) is 2.72. The second-order valence-corrected chi connectivity index (χ2v) is 7.36. The van der Waals surface area contributed by atoms with Crippen LogP contribution in [-0.2, 0) is 0 Å². The first-order valence-corrected chi connectivity index (χ1v) is 9.58. The van der Waals surface area contributed by atoms with Gasteiger partial charge in [-0.05, 0) is 53.1 Å². The van der Waals surface area contributed by atoms with Crippen LogP contribution in [0.25, 0.3) is 22.3 Å². The lowest BCUT2D eigenvalue weighted by atomic mass is 10.0. The largest absolute Gasteiger partial charge is 0.450 e. The van der Waals surface area contributed by atoms with Gasteiger partial charge in [0, 0.05) is 15.6 Å². The Kier molecular flexibility index (Phi) is 4.23. The molecule has 1 heterocycles. The molecule has 2 nitrogen and oxygen atoms in total. The molecule has 4 aromatic rings. The average molecular weight is 405 g/mol. The zero-order chi connectivity index (χ0) is 19.1. The number of hydrogen-bond acceptors (Lipinski definition) is 2. The van der Waals surface area contributed by atoms with E-state index in [1.54, 1.807) is 6.07 Å². The van der Waals surface area contributed by atoms with Crippen LogP contribution in [-0.4, -0.2) is 0 Å². The van der Waals surface area contributed by atoms with Crippen molar-refractivity contribution in [2.45, 2.75) is 0 Å². The molecular formula is C24H14Cl2O2. The lowest BCUT2D eigenvalue weighted by molar-refractivity contribution is 0.360. The Balaban J connectivity index is 1.52. The van der Waals surface area contributed by atoms with Gasteiger partial charge in [-0.1, -0.05) is 71.7 Å². The summed E-state index contributed by atoms with van der Waals surface area (Å²) >= 11 is 12.4. The predicted molar refractivity (Wildman–Crippen MR) is 114 cm³/mol. The highest BCUT2D eigenvalue weighted by atomic mass is 35.5. The molecule has 1 aliphatic rings. The number of rotatable bonds is 2. The van der Waals surface area contributed by atoms with Gasteiger partial charge in [0.05, 0.1) is 0 Å². The van der Waals surface area contributed by atoms with Gasteiger partial charge in [0.1, 0.15) is 0 Å². The molecular weight excluding hydrogens is 391 g/mol. The van der Waals surface area contributed by atoms with E-state index < -0.39 is 0 Å².